The van der Waals surface area contributed by atoms with Crippen molar-refractivity contribution in [3.63, 3.8) is 0 Å². The number of nitro groups is 1. The molecule has 6 nitrogen and oxygen atoms in total. The average molecular weight is 301 g/mol. The van der Waals surface area contributed by atoms with E-state index < -0.39 is 10.9 Å². The van der Waals surface area contributed by atoms with Gasteiger partial charge in [0.15, 0.2) is 0 Å². The first-order valence-corrected chi connectivity index (χ1v) is 6.71. The van der Waals surface area contributed by atoms with Crippen LogP contribution in [0.25, 0.3) is 17.4 Å². The van der Waals surface area contributed by atoms with Crippen LogP contribution in [0.5, 0.6) is 0 Å². The summed E-state index contributed by atoms with van der Waals surface area (Å²) in [5.74, 6) is 0.315. The second kappa shape index (κ2) is 6.71. The molecular weight excluding hydrogens is 286 g/mol. The van der Waals surface area contributed by atoms with Crippen LogP contribution in [-0.2, 0) is 9.53 Å². The third-order valence-electron chi connectivity index (χ3n) is 2.91. The molecule has 6 heteroatoms. The van der Waals surface area contributed by atoms with E-state index in [1.54, 1.807) is 38.1 Å². The number of esters is 1. The largest absolute Gasteiger partial charge is 0.463 e. The number of carbonyl (C=O) groups is 1. The second-order valence-electron chi connectivity index (χ2n) is 4.57. The highest BCUT2D eigenvalue weighted by Gasteiger charge is 2.17. The van der Waals surface area contributed by atoms with Crippen molar-refractivity contribution < 1.29 is 18.9 Å². The molecule has 0 saturated carbocycles. The van der Waals surface area contributed by atoms with Crippen molar-refractivity contribution >= 4 is 17.7 Å². The van der Waals surface area contributed by atoms with Gasteiger partial charge in [0.05, 0.1) is 17.1 Å². The Hall–Kier alpha value is -2.89. The van der Waals surface area contributed by atoms with E-state index in [1.165, 1.54) is 18.2 Å². The first-order valence-electron chi connectivity index (χ1n) is 6.71. The number of hydrogen-bond acceptors (Lipinski definition) is 5. The van der Waals surface area contributed by atoms with E-state index in [4.69, 9.17) is 9.15 Å². The molecule has 1 aromatic heterocycles. The minimum Gasteiger partial charge on any atom is -0.463 e. The van der Waals surface area contributed by atoms with Crippen molar-refractivity contribution in [2.24, 2.45) is 0 Å². The topological polar surface area (TPSA) is 82.6 Å². The van der Waals surface area contributed by atoms with Gasteiger partial charge in [-0.3, -0.25) is 10.1 Å². The van der Waals surface area contributed by atoms with Crippen molar-refractivity contribution in [3.8, 4) is 11.3 Å². The zero-order valence-electron chi connectivity index (χ0n) is 12.2. The fraction of sp³-hybridized carbons (Fsp3) is 0.188. The molecule has 0 bridgehead atoms. The first-order chi connectivity index (χ1) is 10.5. The predicted molar refractivity (Wildman–Crippen MR) is 81.2 cm³/mol. The summed E-state index contributed by atoms with van der Waals surface area (Å²) in [5, 5.41) is 11.1. The highest BCUT2D eigenvalue weighted by Crippen LogP contribution is 2.32. The van der Waals surface area contributed by atoms with E-state index in [9.17, 15) is 14.9 Å². The van der Waals surface area contributed by atoms with Crippen LogP contribution in [0.1, 0.15) is 18.2 Å². The molecule has 0 atom stereocenters. The Balaban J connectivity index is 2.29. The number of aryl methyl sites for hydroxylation is 1. The van der Waals surface area contributed by atoms with Gasteiger partial charge < -0.3 is 9.15 Å². The van der Waals surface area contributed by atoms with Crippen LogP contribution in [-0.4, -0.2) is 17.5 Å². The summed E-state index contributed by atoms with van der Waals surface area (Å²) in [6.45, 7) is 3.79. The SMILES string of the molecule is CCOC(=O)C=Cc1ccc(-c2ccc(C)cc2[N+](=O)[O-])o1. The Morgan fingerprint density at radius 2 is 2.14 bits per heavy atom. The summed E-state index contributed by atoms with van der Waals surface area (Å²) >= 11 is 0. The molecule has 0 radical (unpaired) electrons. The van der Waals surface area contributed by atoms with Crippen LogP contribution >= 0.6 is 0 Å². The molecule has 2 aromatic rings. The smallest absolute Gasteiger partial charge is 0.330 e. The van der Waals surface area contributed by atoms with Crippen LogP contribution in [0, 0.1) is 17.0 Å². The number of hydrogen-bond donors (Lipinski definition) is 0. The molecule has 0 aliphatic heterocycles. The maximum Gasteiger partial charge on any atom is 0.330 e. The number of ether oxygens (including phenoxy) is 1. The van der Waals surface area contributed by atoms with Gasteiger partial charge in [-0.2, -0.15) is 0 Å². The number of nitro benzene ring substituents is 1. The summed E-state index contributed by atoms with van der Waals surface area (Å²) in [6.07, 6.45) is 2.71. The second-order valence-corrected chi connectivity index (χ2v) is 4.57. The van der Waals surface area contributed by atoms with Crippen LogP contribution in [0.3, 0.4) is 0 Å². The molecule has 0 N–H and O–H groups in total. The van der Waals surface area contributed by atoms with Crippen molar-refractivity contribution in [1.29, 1.82) is 0 Å². The van der Waals surface area contributed by atoms with Crippen LogP contribution in [0.4, 0.5) is 5.69 Å². The molecule has 22 heavy (non-hydrogen) atoms. The van der Waals surface area contributed by atoms with Gasteiger partial charge in [0.2, 0.25) is 0 Å². The van der Waals surface area contributed by atoms with Crippen molar-refractivity contribution in [3.05, 3.63) is 57.8 Å². The number of rotatable bonds is 5. The molecule has 114 valence electrons. The molecule has 0 unspecified atom stereocenters. The van der Waals surface area contributed by atoms with Crippen molar-refractivity contribution in [2.75, 3.05) is 6.61 Å². The molecule has 1 heterocycles. The fourth-order valence-corrected chi connectivity index (χ4v) is 1.93. The Labute approximate surface area is 127 Å². The van der Waals surface area contributed by atoms with Crippen LogP contribution in [0.2, 0.25) is 0 Å². The number of furan rings is 1. The maximum absolute atomic E-state index is 11.2. The first kappa shape index (κ1) is 15.5. The summed E-state index contributed by atoms with van der Waals surface area (Å²) in [6, 6.07) is 8.17. The number of carbonyl (C=O) groups excluding carboxylic acids is 1. The normalized spacial score (nSPS) is 10.8. The lowest BCUT2D eigenvalue weighted by Gasteiger charge is -2.01. The van der Waals surface area contributed by atoms with E-state index in [-0.39, 0.29) is 5.69 Å². The third kappa shape index (κ3) is 3.60. The van der Waals surface area contributed by atoms with E-state index in [0.717, 1.165) is 5.56 Å². The Morgan fingerprint density at radius 3 is 2.82 bits per heavy atom. The molecule has 0 aliphatic rings. The summed E-state index contributed by atoms with van der Waals surface area (Å²) in [7, 11) is 0. The minimum atomic E-state index is -0.471. The van der Waals surface area contributed by atoms with Gasteiger partial charge in [-0.05, 0) is 43.7 Å². The average Bonchev–Trinajstić information content (AvgIpc) is 2.94. The quantitative estimate of drug-likeness (QED) is 0.363. The highest BCUT2D eigenvalue weighted by molar-refractivity contribution is 5.86. The number of nitrogens with zero attached hydrogens (tertiary/aromatic N) is 1. The standard InChI is InChI=1S/C16H15NO5/c1-3-21-16(18)9-6-12-5-8-15(22-12)13-7-4-11(2)10-14(13)17(19)20/h4-10H,3H2,1-2H3. The van der Waals surface area contributed by atoms with Gasteiger partial charge in [-0.15, -0.1) is 0 Å². The van der Waals surface area contributed by atoms with Crippen molar-refractivity contribution in [1.82, 2.24) is 0 Å². The molecule has 0 spiro atoms. The molecule has 2 rings (SSSR count). The fourth-order valence-electron chi connectivity index (χ4n) is 1.93. The lowest BCUT2D eigenvalue weighted by Crippen LogP contribution is -1.98. The summed E-state index contributed by atoms with van der Waals surface area (Å²) in [5.41, 5.74) is 1.17. The van der Waals surface area contributed by atoms with E-state index in [1.807, 2.05) is 0 Å². The lowest BCUT2D eigenvalue weighted by atomic mass is 10.1. The van der Waals surface area contributed by atoms with Gasteiger partial charge >= 0.3 is 5.97 Å². The predicted octanol–water partition coefficient (Wildman–Crippen LogP) is 3.74. The number of benzene rings is 1. The molecule has 1 aromatic carbocycles. The van der Waals surface area contributed by atoms with Gasteiger partial charge in [-0.1, -0.05) is 6.07 Å². The summed E-state index contributed by atoms with van der Waals surface area (Å²) < 4.78 is 10.3. The molecule has 0 fully saturated rings. The van der Waals surface area contributed by atoms with Gasteiger partial charge in [0.1, 0.15) is 11.5 Å². The Morgan fingerprint density at radius 1 is 1.36 bits per heavy atom. The Kier molecular flexibility index (Phi) is 4.73. The van der Waals surface area contributed by atoms with Gasteiger partial charge in [0.25, 0.3) is 5.69 Å². The molecule has 0 saturated heterocycles. The van der Waals surface area contributed by atoms with Gasteiger partial charge in [0, 0.05) is 12.1 Å². The zero-order valence-corrected chi connectivity index (χ0v) is 12.2. The van der Waals surface area contributed by atoms with Gasteiger partial charge in [-0.25, -0.2) is 4.79 Å². The van der Waals surface area contributed by atoms with E-state index in [0.29, 0.717) is 23.7 Å². The van der Waals surface area contributed by atoms with Crippen molar-refractivity contribution in [2.45, 2.75) is 13.8 Å². The third-order valence-corrected chi connectivity index (χ3v) is 2.91. The Bertz CT molecular complexity index is 730. The van der Waals surface area contributed by atoms with Crippen LogP contribution < -0.4 is 0 Å². The van der Waals surface area contributed by atoms with E-state index >= 15 is 0 Å². The molecule has 0 amide bonds. The monoisotopic (exact) mass is 301 g/mol. The van der Waals surface area contributed by atoms with E-state index in [2.05, 4.69) is 0 Å². The molecular formula is C16H15NO5. The highest BCUT2D eigenvalue weighted by atomic mass is 16.6. The maximum atomic E-state index is 11.2. The molecule has 0 aliphatic carbocycles. The summed E-state index contributed by atoms with van der Waals surface area (Å²) in [4.78, 5) is 21.9. The lowest BCUT2D eigenvalue weighted by molar-refractivity contribution is -0.384. The zero-order chi connectivity index (χ0) is 16.1. The minimum absolute atomic E-state index is 0.0183. The van der Waals surface area contributed by atoms with Crippen LogP contribution in [0.15, 0.2) is 40.8 Å².